The topological polar surface area (TPSA) is 42.9 Å². The van der Waals surface area contributed by atoms with Crippen LogP contribution < -0.4 is 10.6 Å². The van der Waals surface area contributed by atoms with Gasteiger partial charge in [0.2, 0.25) is 0 Å². The highest BCUT2D eigenvalue weighted by atomic mass is 127. The van der Waals surface area contributed by atoms with Gasteiger partial charge in [0.25, 0.3) is 0 Å². The molecule has 0 radical (unpaired) electrons. The second-order valence-corrected chi connectivity index (χ2v) is 8.03. The number of guanidine groups is 1. The lowest BCUT2D eigenvalue weighted by Crippen LogP contribution is -2.46. The number of likely N-dealkylation sites (N-methyl/N-ethyl adjacent to an activating group) is 1. The van der Waals surface area contributed by atoms with Crippen molar-refractivity contribution in [3.8, 4) is 0 Å². The van der Waals surface area contributed by atoms with Crippen LogP contribution >= 0.6 is 35.3 Å². The van der Waals surface area contributed by atoms with E-state index in [1.54, 1.807) is 0 Å². The molecule has 0 aliphatic carbocycles. The van der Waals surface area contributed by atoms with Crippen LogP contribution in [0.3, 0.4) is 0 Å². The van der Waals surface area contributed by atoms with Gasteiger partial charge in [-0.3, -0.25) is 4.99 Å². The number of thiophene rings is 1. The molecule has 1 aromatic heterocycles. The second kappa shape index (κ2) is 14.6. The summed E-state index contributed by atoms with van der Waals surface area (Å²) in [6.45, 7) is 16.7. The Hall–Kier alpha value is -0.380. The smallest absolute Gasteiger partial charge is 0.191 e. The van der Waals surface area contributed by atoms with Crippen LogP contribution in [-0.2, 0) is 0 Å². The second-order valence-electron chi connectivity index (χ2n) is 7.05. The number of piperazine rings is 1. The molecule has 1 aliphatic heterocycles. The predicted octanol–water partition coefficient (Wildman–Crippen LogP) is 3.44. The summed E-state index contributed by atoms with van der Waals surface area (Å²) >= 11 is 1.82. The van der Waals surface area contributed by atoms with Crippen molar-refractivity contribution < 1.29 is 0 Å². The van der Waals surface area contributed by atoms with Gasteiger partial charge in [0.15, 0.2) is 5.96 Å². The molecular formula is C20H38IN5S. The predicted molar refractivity (Wildman–Crippen MR) is 130 cm³/mol. The van der Waals surface area contributed by atoms with E-state index in [0.717, 1.165) is 25.6 Å². The van der Waals surface area contributed by atoms with Crippen molar-refractivity contribution in [2.75, 3.05) is 58.9 Å². The lowest BCUT2D eigenvalue weighted by molar-refractivity contribution is 0.136. The summed E-state index contributed by atoms with van der Waals surface area (Å²) in [5, 5.41) is 8.99. The van der Waals surface area contributed by atoms with Crippen molar-refractivity contribution in [1.29, 1.82) is 0 Å². The third kappa shape index (κ3) is 9.58. The largest absolute Gasteiger partial charge is 0.357 e. The van der Waals surface area contributed by atoms with Gasteiger partial charge in [-0.2, -0.15) is 0 Å². The van der Waals surface area contributed by atoms with Crippen LogP contribution in [0, 0.1) is 0 Å². The summed E-state index contributed by atoms with van der Waals surface area (Å²) in [6.07, 6.45) is 2.45. The van der Waals surface area contributed by atoms with Gasteiger partial charge in [0, 0.05) is 50.1 Å². The van der Waals surface area contributed by atoms with E-state index in [1.807, 2.05) is 11.3 Å². The van der Waals surface area contributed by atoms with Gasteiger partial charge in [-0.25, -0.2) is 0 Å². The number of unbranched alkanes of at least 4 members (excludes halogenated alkanes) is 1. The minimum Gasteiger partial charge on any atom is -0.357 e. The number of aliphatic imine (C=N–C) groups is 1. The fourth-order valence-corrected chi connectivity index (χ4v) is 4.01. The average molecular weight is 508 g/mol. The summed E-state index contributed by atoms with van der Waals surface area (Å²) in [6, 6.07) is 4.32. The van der Waals surface area contributed by atoms with Crippen molar-refractivity contribution >= 4 is 41.3 Å². The van der Waals surface area contributed by atoms with Crippen LogP contribution in [0.15, 0.2) is 22.5 Å². The van der Waals surface area contributed by atoms with Crippen LogP contribution in [-0.4, -0.2) is 74.7 Å². The molecule has 1 atom stereocenters. The van der Waals surface area contributed by atoms with Crippen LogP contribution in [0.5, 0.6) is 0 Å². The number of nitrogens with zero attached hydrogens (tertiary/aromatic N) is 3. The summed E-state index contributed by atoms with van der Waals surface area (Å²) in [5.41, 5.74) is 0. The minimum atomic E-state index is 0. The lowest BCUT2D eigenvalue weighted by Gasteiger charge is -2.34. The van der Waals surface area contributed by atoms with Crippen LogP contribution in [0.4, 0.5) is 0 Å². The summed E-state index contributed by atoms with van der Waals surface area (Å²) in [5.74, 6) is 1.43. The molecule has 2 rings (SSSR count). The van der Waals surface area contributed by atoms with Gasteiger partial charge in [0.05, 0.1) is 6.54 Å². The molecule has 0 saturated carbocycles. The van der Waals surface area contributed by atoms with Crippen LogP contribution in [0.25, 0.3) is 0 Å². The molecule has 156 valence electrons. The molecule has 0 bridgehead atoms. The van der Waals surface area contributed by atoms with Gasteiger partial charge in [-0.15, -0.1) is 35.3 Å². The molecule has 0 amide bonds. The van der Waals surface area contributed by atoms with Gasteiger partial charge < -0.3 is 20.4 Å². The Labute approximate surface area is 187 Å². The van der Waals surface area contributed by atoms with E-state index in [9.17, 15) is 0 Å². The third-order valence-electron chi connectivity index (χ3n) is 5.00. The molecular weight excluding hydrogens is 469 g/mol. The maximum absolute atomic E-state index is 4.76. The van der Waals surface area contributed by atoms with E-state index < -0.39 is 0 Å². The standard InChI is InChI=1S/C20H37N5S.HI/c1-4-21-20(23-17-18(3)19-9-8-16-26-19)22-10-6-7-11-25-14-12-24(5-2)13-15-25;/h8-9,16,18H,4-7,10-15,17H2,1-3H3,(H2,21,22,23);1H. The molecule has 1 saturated heterocycles. The Morgan fingerprint density at radius 1 is 1.15 bits per heavy atom. The van der Waals surface area contributed by atoms with Crippen molar-refractivity contribution in [2.45, 2.75) is 39.5 Å². The Bertz CT molecular complexity index is 500. The summed E-state index contributed by atoms with van der Waals surface area (Å²) in [7, 11) is 0. The highest BCUT2D eigenvalue weighted by Gasteiger charge is 2.14. The molecule has 1 unspecified atom stereocenters. The monoisotopic (exact) mass is 507 g/mol. The maximum atomic E-state index is 4.76. The van der Waals surface area contributed by atoms with E-state index in [4.69, 9.17) is 4.99 Å². The Kier molecular flexibility index (Phi) is 13.3. The van der Waals surface area contributed by atoms with Crippen LogP contribution in [0.1, 0.15) is 44.4 Å². The lowest BCUT2D eigenvalue weighted by atomic mass is 10.1. The Morgan fingerprint density at radius 2 is 1.89 bits per heavy atom. The molecule has 27 heavy (non-hydrogen) atoms. The van der Waals surface area contributed by atoms with Gasteiger partial charge in [0.1, 0.15) is 0 Å². The fraction of sp³-hybridized carbons (Fsp3) is 0.750. The summed E-state index contributed by atoms with van der Waals surface area (Å²) in [4.78, 5) is 11.3. The van der Waals surface area contributed by atoms with Crippen LogP contribution in [0.2, 0.25) is 0 Å². The van der Waals surface area contributed by atoms with E-state index in [2.05, 4.69) is 58.7 Å². The molecule has 5 nitrogen and oxygen atoms in total. The Balaban J connectivity index is 0.00000364. The average Bonchev–Trinajstić information content (AvgIpc) is 3.21. The number of hydrogen-bond acceptors (Lipinski definition) is 4. The van der Waals surface area contributed by atoms with Gasteiger partial charge >= 0.3 is 0 Å². The molecule has 1 aromatic rings. The first kappa shape index (κ1) is 24.7. The zero-order valence-corrected chi connectivity index (χ0v) is 20.4. The quantitative estimate of drug-likeness (QED) is 0.221. The number of halogens is 1. The fourth-order valence-electron chi connectivity index (χ4n) is 3.23. The molecule has 2 N–H and O–H groups in total. The molecule has 7 heteroatoms. The normalized spacial score (nSPS) is 17.4. The highest BCUT2D eigenvalue weighted by molar-refractivity contribution is 14.0. The molecule has 0 aromatic carbocycles. The molecule has 2 heterocycles. The summed E-state index contributed by atoms with van der Waals surface area (Å²) < 4.78 is 0. The SMILES string of the molecule is CCNC(=NCC(C)c1cccs1)NCCCCN1CCN(CC)CC1.I. The molecule has 1 fully saturated rings. The Morgan fingerprint density at radius 3 is 2.52 bits per heavy atom. The van der Waals surface area contributed by atoms with E-state index in [0.29, 0.717) is 5.92 Å². The first-order chi connectivity index (χ1) is 12.7. The number of nitrogens with one attached hydrogen (secondary N) is 2. The minimum absolute atomic E-state index is 0. The van der Waals surface area contributed by atoms with Crippen molar-refractivity contribution in [1.82, 2.24) is 20.4 Å². The van der Waals surface area contributed by atoms with Gasteiger partial charge in [-0.1, -0.05) is 19.9 Å². The molecule has 0 spiro atoms. The highest BCUT2D eigenvalue weighted by Crippen LogP contribution is 2.20. The van der Waals surface area contributed by atoms with Crippen molar-refractivity contribution in [3.63, 3.8) is 0 Å². The first-order valence-electron chi connectivity index (χ1n) is 10.2. The zero-order chi connectivity index (χ0) is 18.6. The zero-order valence-electron chi connectivity index (χ0n) is 17.2. The molecule has 1 aliphatic rings. The number of hydrogen-bond donors (Lipinski definition) is 2. The third-order valence-corrected chi connectivity index (χ3v) is 6.11. The first-order valence-corrected chi connectivity index (χ1v) is 11.1. The van der Waals surface area contributed by atoms with Crippen molar-refractivity contribution in [2.24, 2.45) is 4.99 Å². The van der Waals surface area contributed by atoms with E-state index in [-0.39, 0.29) is 24.0 Å². The van der Waals surface area contributed by atoms with Crippen molar-refractivity contribution in [3.05, 3.63) is 22.4 Å². The van der Waals surface area contributed by atoms with E-state index >= 15 is 0 Å². The van der Waals surface area contributed by atoms with E-state index in [1.165, 1.54) is 57.0 Å². The maximum Gasteiger partial charge on any atom is 0.191 e. The van der Waals surface area contributed by atoms with Gasteiger partial charge in [-0.05, 0) is 44.3 Å². The number of rotatable bonds is 10.